The van der Waals surface area contributed by atoms with Crippen molar-refractivity contribution in [3.05, 3.63) is 144 Å². The lowest BCUT2D eigenvalue weighted by Crippen LogP contribution is -2.63. The lowest BCUT2D eigenvalue weighted by Gasteiger charge is -2.46. The van der Waals surface area contributed by atoms with Gasteiger partial charge in [-0.15, -0.1) is 0 Å². The summed E-state index contributed by atoms with van der Waals surface area (Å²) in [6.07, 6.45) is 3.62. The predicted molar refractivity (Wildman–Crippen MR) is 350 cm³/mol. The molecule has 2 atom stereocenters. The van der Waals surface area contributed by atoms with Gasteiger partial charge in [0.15, 0.2) is 16.6 Å². The smallest absolute Gasteiger partial charge is 0.317 e. The molecule has 23 heteroatoms. The molecule has 11 nitrogen and oxygen atoms in total. The zero-order valence-corrected chi connectivity index (χ0v) is 63.7. The average Bonchev–Trinajstić information content (AvgIpc) is 3.24. The molecule has 0 N–H and O–H groups in total. The van der Waals surface area contributed by atoms with Crippen molar-refractivity contribution in [3.8, 4) is 0 Å². The van der Waals surface area contributed by atoms with Crippen LogP contribution in [-0.2, 0) is 70.9 Å². The maximum absolute atomic E-state index is 7.45. The lowest BCUT2D eigenvalue weighted by atomic mass is 10.2. The van der Waals surface area contributed by atoms with E-state index in [1.165, 1.54) is 22.3 Å². The Hall–Kier alpha value is -0.957. The van der Waals surface area contributed by atoms with Crippen molar-refractivity contribution in [2.45, 2.75) is 194 Å². The molecule has 0 fully saturated rings. The van der Waals surface area contributed by atoms with Crippen LogP contribution in [0.25, 0.3) is 0 Å². The minimum atomic E-state index is -3.05. The molecule has 0 aliphatic rings. The molecule has 0 aliphatic heterocycles. The quantitative estimate of drug-likeness (QED) is 0.0418. The van der Waals surface area contributed by atoms with Crippen LogP contribution < -0.4 is 0 Å². The van der Waals surface area contributed by atoms with Crippen LogP contribution in [0.2, 0.25) is 168 Å². The van der Waals surface area contributed by atoms with E-state index in [-0.39, 0.29) is 0 Å². The number of hydrogen-bond acceptors (Lipinski definition) is 11. The van der Waals surface area contributed by atoms with Gasteiger partial charge in [-0.3, -0.25) is 0 Å². The maximum Gasteiger partial charge on any atom is 0.317 e. The van der Waals surface area contributed by atoms with Gasteiger partial charge in [0.05, 0.1) is 0 Å². The monoisotopic (exact) mass is 1260 g/mol. The van der Waals surface area contributed by atoms with Crippen molar-refractivity contribution < 1.29 is 45.3 Å². The van der Waals surface area contributed by atoms with Gasteiger partial charge in [0.2, 0.25) is 0 Å². The summed E-state index contributed by atoms with van der Waals surface area (Å²) in [4.78, 5) is 0. The summed E-state index contributed by atoms with van der Waals surface area (Å²) < 4.78 is 79.3. The van der Waals surface area contributed by atoms with Crippen molar-refractivity contribution in [2.75, 3.05) is 0 Å². The molecule has 0 amide bonds. The predicted octanol–water partition coefficient (Wildman–Crippen LogP) is 16.3. The molecule has 4 rings (SSSR count). The second-order valence-electron chi connectivity index (χ2n) is 26.1. The summed E-state index contributed by atoms with van der Waals surface area (Å²) in [5.41, 5.74) is 5.17. The Morgan fingerprint density at radius 3 is 0.584 bits per heavy atom. The normalized spacial score (nSPS) is 15.6. The number of rotatable bonds is 34. The van der Waals surface area contributed by atoms with Crippen LogP contribution >= 0.6 is 0 Å². The van der Waals surface area contributed by atoms with E-state index in [4.69, 9.17) is 45.3 Å². The second-order valence-corrected chi connectivity index (χ2v) is 71.0. The van der Waals surface area contributed by atoms with Crippen LogP contribution in [0.3, 0.4) is 0 Å². The van der Waals surface area contributed by atoms with Crippen LogP contribution in [0.4, 0.5) is 0 Å². The van der Waals surface area contributed by atoms with Crippen LogP contribution in [-0.4, -0.2) is 102 Å². The molecule has 4 aromatic rings. The standard InChI is InChI=1S/C54H102O11Si12/c1-66(2,47-43-51-35-27-23-28-36-51)55-68(5,6)57-70(9,10)59-71(11,12)60-73(15,16)63-77(22,50-46-54-41-33-26-34-42-54)65-75(19,20)61-74(17,18)64-76(21,49-45-53-39-31-25-32-40-53)62-72(13,14)58-69(7,8)56-67(3,4)48-44-52-37-29-24-30-38-52/h23-42H,43-50H2,1-22H3. The Bertz CT molecular complexity index is 2380. The van der Waals surface area contributed by atoms with Gasteiger partial charge < -0.3 is 45.3 Å². The van der Waals surface area contributed by atoms with Gasteiger partial charge in [0.1, 0.15) is 0 Å². The van der Waals surface area contributed by atoms with Crippen LogP contribution in [0, 0.1) is 0 Å². The molecular weight excluding hydrogens is 1160 g/mol. The van der Waals surface area contributed by atoms with Crippen molar-refractivity contribution in [1.29, 1.82) is 0 Å². The highest BCUT2D eigenvalue weighted by Gasteiger charge is 2.53. The highest BCUT2D eigenvalue weighted by Crippen LogP contribution is 2.35. The van der Waals surface area contributed by atoms with Crippen molar-refractivity contribution in [3.63, 3.8) is 0 Å². The third kappa shape index (κ3) is 27.3. The summed E-state index contributed by atoms with van der Waals surface area (Å²) in [7, 11) is -32.6. The molecule has 0 bridgehead atoms. The van der Waals surface area contributed by atoms with Gasteiger partial charge in [0.25, 0.3) is 0 Å². The zero-order chi connectivity index (χ0) is 57.9. The summed E-state index contributed by atoms with van der Waals surface area (Å²) in [5, 5.41) is 0. The molecule has 432 valence electrons. The van der Waals surface area contributed by atoms with Crippen molar-refractivity contribution in [2.24, 2.45) is 0 Å². The van der Waals surface area contributed by atoms with Crippen LogP contribution in [0.1, 0.15) is 22.3 Å². The van der Waals surface area contributed by atoms with E-state index in [9.17, 15) is 0 Å². The summed E-state index contributed by atoms with van der Waals surface area (Å²) in [5.74, 6) is 0. The SMILES string of the molecule is C[Si](C)(CCc1ccccc1)O[Si](C)(C)O[Si](C)(C)O[Si](C)(C)O[Si](C)(C)O[Si](C)(CCc1ccccc1)O[Si](C)(C)O[Si](C)(C)O[Si](C)(CCc1ccccc1)O[Si](C)(C)O[Si](C)(C)O[Si](C)(C)CCc1ccccc1. The first kappa shape index (κ1) is 68.5. The Morgan fingerprint density at radius 2 is 0.377 bits per heavy atom. The van der Waals surface area contributed by atoms with Gasteiger partial charge in [0, 0.05) is 0 Å². The van der Waals surface area contributed by atoms with E-state index in [1.807, 2.05) is 0 Å². The minimum Gasteiger partial charge on any atom is -0.436 e. The van der Waals surface area contributed by atoms with Crippen LogP contribution in [0.15, 0.2) is 121 Å². The molecule has 0 aromatic heterocycles. The molecular formula is C54H102O11Si12. The third-order valence-corrected chi connectivity index (χ3v) is 60.5. The van der Waals surface area contributed by atoms with E-state index >= 15 is 0 Å². The van der Waals surface area contributed by atoms with Gasteiger partial charge in [-0.1, -0.05) is 121 Å². The van der Waals surface area contributed by atoms with E-state index in [2.05, 4.69) is 265 Å². The molecule has 0 heterocycles. The second kappa shape index (κ2) is 27.6. The van der Waals surface area contributed by atoms with E-state index in [0.717, 1.165) is 49.9 Å². The third-order valence-electron chi connectivity index (χ3n) is 12.5. The molecule has 0 saturated heterocycles. The van der Waals surface area contributed by atoms with Crippen molar-refractivity contribution in [1.82, 2.24) is 0 Å². The summed E-state index contributed by atoms with van der Waals surface area (Å²) in [6, 6.07) is 46.1. The highest BCUT2D eigenvalue weighted by atomic mass is 28.5. The highest BCUT2D eigenvalue weighted by molar-refractivity contribution is 6.94. The first-order valence-corrected chi connectivity index (χ1v) is 61.8. The largest absolute Gasteiger partial charge is 0.436 e. The summed E-state index contributed by atoms with van der Waals surface area (Å²) >= 11 is 0. The fourth-order valence-electron chi connectivity index (χ4n) is 11.1. The first-order chi connectivity index (χ1) is 35.1. The first-order valence-electron chi connectivity index (χ1n) is 28.0. The maximum atomic E-state index is 7.45. The molecule has 0 aliphatic carbocycles. The van der Waals surface area contributed by atoms with Crippen LogP contribution in [0.5, 0.6) is 0 Å². The Labute approximate surface area is 481 Å². The topological polar surface area (TPSA) is 102 Å². The number of aryl methyl sites for hydroxylation is 4. The molecule has 0 radical (unpaired) electrons. The number of hydrogen-bond donors (Lipinski definition) is 0. The Morgan fingerprint density at radius 1 is 0.208 bits per heavy atom. The van der Waals surface area contributed by atoms with Gasteiger partial charge in [-0.25, -0.2) is 0 Å². The average molecular weight is 1260 g/mol. The lowest BCUT2D eigenvalue weighted by molar-refractivity contribution is 0.248. The molecule has 77 heavy (non-hydrogen) atoms. The van der Waals surface area contributed by atoms with E-state index in [1.54, 1.807) is 0 Å². The zero-order valence-electron chi connectivity index (χ0n) is 51.7. The van der Waals surface area contributed by atoms with E-state index < -0.39 is 102 Å². The fraction of sp³-hybridized carbons (Fsp3) is 0.556. The van der Waals surface area contributed by atoms with Gasteiger partial charge in [-0.2, -0.15) is 0 Å². The molecule has 0 spiro atoms. The van der Waals surface area contributed by atoms with Gasteiger partial charge >= 0.3 is 85.6 Å². The number of benzene rings is 4. The van der Waals surface area contributed by atoms with E-state index in [0.29, 0.717) is 0 Å². The minimum absolute atomic E-state index is 0.726. The Balaban J connectivity index is 1.51. The Kier molecular flexibility index (Phi) is 24.6. The summed E-state index contributed by atoms with van der Waals surface area (Å²) in [6.45, 7) is 48.0. The molecule has 0 saturated carbocycles. The fourth-order valence-corrected chi connectivity index (χ4v) is 73.2. The molecule has 4 aromatic carbocycles. The van der Waals surface area contributed by atoms with Crippen molar-refractivity contribution >= 4 is 102 Å². The molecule has 2 unspecified atom stereocenters. The van der Waals surface area contributed by atoms with Gasteiger partial charge in [-0.05, 0) is 216 Å².